The first-order chi connectivity index (χ1) is 15.0. The van der Waals surface area contributed by atoms with Crippen molar-refractivity contribution in [2.75, 3.05) is 0 Å². The molecule has 2 aromatic heterocycles. The van der Waals surface area contributed by atoms with Crippen LogP contribution in [-0.2, 0) is 13.1 Å². The van der Waals surface area contributed by atoms with Gasteiger partial charge in [0.05, 0.1) is 0 Å². The molecule has 0 amide bonds. The van der Waals surface area contributed by atoms with Crippen molar-refractivity contribution >= 4 is 61.4 Å². The zero-order chi connectivity index (χ0) is 21.8. The molecule has 11 heteroatoms. The zero-order valence-electron chi connectivity index (χ0n) is 15.9. The van der Waals surface area contributed by atoms with E-state index >= 15 is 0 Å². The Morgan fingerprint density at radius 2 is 1.16 bits per heavy atom. The molecule has 0 spiro atoms. The van der Waals surface area contributed by atoms with Gasteiger partial charge in [0.25, 0.3) is 0 Å². The molecular formula is C20H16Cl4N6Se. The van der Waals surface area contributed by atoms with E-state index in [2.05, 4.69) is 20.6 Å². The van der Waals surface area contributed by atoms with Crippen molar-refractivity contribution in [3.63, 3.8) is 0 Å². The molecule has 0 aliphatic heterocycles. The molecule has 2 heterocycles. The van der Waals surface area contributed by atoms with Crippen LogP contribution in [0.5, 0.6) is 0 Å². The van der Waals surface area contributed by atoms with Crippen LogP contribution >= 0.6 is 46.4 Å². The number of hydrogen-bond donors (Lipinski definition) is 0. The average Bonchev–Trinajstić information content (AvgIpc) is 3.41. The van der Waals surface area contributed by atoms with Crippen molar-refractivity contribution in [3.8, 4) is 0 Å². The fourth-order valence-electron chi connectivity index (χ4n) is 3.15. The molecule has 0 bridgehead atoms. The van der Waals surface area contributed by atoms with Gasteiger partial charge in [0.2, 0.25) is 0 Å². The van der Waals surface area contributed by atoms with Crippen LogP contribution in [0.25, 0.3) is 0 Å². The molecule has 0 N–H and O–H groups in total. The summed E-state index contributed by atoms with van der Waals surface area (Å²) in [6.45, 7) is 1.25. The predicted molar refractivity (Wildman–Crippen MR) is 124 cm³/mol. The molecule has 2 unspecified atom stereocenters. The summed E-state index contributed by atoms with van der Waals surface area (Å²) in [5.74, 6) is 0. The quantitative estimate of drug-likeness (QED) is 0.272. The predicted octanol–water partition coefficient (Wildman–Crippen LogP) is 5.37. The number of aromatic nitrogens is 6. The van der Waals surface area contributed by atoms with Crippen molar-refractivity contribution in [1.82, 2.24) is 30.0 Å². The SMILES string of the molecule is Clc1ccc(C(Cn2ccnn2)[Se]C(Cn2ccnn2)c2ccc(Cl)cc2Cl)c(Cl)c1. The van der Waals surface area contributed by atoms with Crippen LogP contribution in [0.1, 0.15) is 20.8 Å². The van der Waals surface area contributed by atoms with E-state index in [0.29, 0.717) is 33.2 Å². The Morgan fingerprint density at radius 3 is 1.52 bits per heavy atom. The molecule has 31 heavy (non-hydrogen) atoms. The van der Waals surface area contributed by atoms with E-state index in [9.17, 15) is 0 Å². The van der Waals surface area contributed by atoms with Gasteiger partial charge < -0.3 is 0 Å². The topological polar surface area (TPSA) is 61.4 Å². The van der Waals surface area contributed by atoms with E-state index in [-0.39, 0.29) is 24.6 Å². The fraction of sp³-hybridized carbons (Fsp3) is 0.200. The summed E-state index contributed by atoms with van der Waals surface area (Å²) in [4.78, 5) is 0.165. The van der Waals surface area contributed by atoms with Gasteiger partial charge in [-0.2, -0.15) is 0 Å². The molecular weight excluding hydrogens is 545 g/mol. The first-order valence-corrected chi connectivity index (χ1v) is 12.7. The van der Waals surface area contributed by atoms with Crippen molar-refractivity contribution in [2.24, 2.45) is 0 Å². The first kappa shape index (κ1) is 22.6. The Morgan fingerprint density at radius 1 is 0.710 bits per heavy atom. The normalized spacial score (nSPS) is 13.3. The van der Waals surface area contributed by atoms with Crippen LogP contribution in [0, 0.1) is 0 Å². The van der Waals surface area contributed by atoms with Crippen molar-refractivity contribution in [2.45, 2.75) is 22.7 Å². The Hall–Kier alpha value is -1.60. The molecule has 160 valence electrons. The second kappa shape index (κ2) is 10.3. The molecule has 2 atom stereocenters. The molecule has 0 aliphatic carbocycles. The van der Waals surface area contributed by atoms with Gasteiger partial charge in [0.1, 0.15) is 0 Å². The van der Waals surface area contributed by atoms with Gasteiger partial charge >= 0.3 is 206 Å². The van der Waals surface area contributed by atoms with Gasteiger partial charge in [0, 0.05) is 0 Å². The Kier molecular flexibility index (Phi) is 7.54. The van der Waals surface area contributed by atoms with E-state index in [1.165, 1.54) is 0 Å². The van der Waals surface area contributed by atoms with Gasteiger partial charge in [-0.05, 0) is 0 Å². The van der Waals surface area contributed by atoms with E-state index < -0.39 is 0 Å². The van der Waals surface area contributed by atoms with E-state index in [4.69, 9.17) is 46.4 Å². The summed E-state index contributed by atoms with van der Waals surface area (Å²) < 4.78 is 3.63. The first-order valence-electron chi connectivity index (χ1n) is 9.23. The summed E-state index contributed by atoms with van der Waals surface area (Å²) in [6, 6.07) is 11.2. The van der Waals surface area contributed by atoms with E-state index in [1.807, 2.05) is 46.0 Å². The Balaban J connectivity index is 1.71. The second-order valence-electron chi connectivity index (χ2n) is 6.70. The van der Waals surface area contributed by atoms with Crippen LogP contribution in [0.3, 0.4) is 0 Å². The monoisotopic (exact) mass is 560 g/mol. The zero-order valence-corrected chi connectivity index (χ0v) is 20.7. The third-order valence-corrected chi connectivity index (χ3v) is 8.79. The molecule has 4 rings (SSSR count). The van der Waals surface area contributed by atoms with Crippen molar-refractivity contribution in [3.05, 3.63) is 92.4 Å². The van der Waals surface area contributed by atoms with Crippen LogP contribution < -0.4 is 0 Å². The van der Waals surface area contributed by atoms with Gasteiger partial charge in [0.15, 0.2) is 0 Å². The van der Waals surface area contributed by atoms with Gasteiger partial charge in [-0.3, -0.25) is 0 Å². The number of halogens is 4. The molecule has 4 aromatic rings. The number of rotatable bonds is 8. The maximum absolute atomic E-state index is 6.60. The Bertz CT molecular complexity index is 1050. The molecule has 0 saturated carbocycles. The summed E-state index contributed by atoms with van der Waals surface area (Å²) >= 11 is 25.5. The molecule has 0 saturated heterocycles. The molecule has 0 fully saturated rings. The van der Waals surface area contributed by atoms with Gasteiger partial charge in [-0.25, -0.2) is 0 Å². The second-order valence-corrected chi connectivity index (χ2v) is 11.3. The minimum absolute atomic E-state index is 0.00710. The molecule has 6 nitrogen and oxygen atoms in total. The fourth-order valence-corrected chi connectivity index (χ4v) is 7.84. The standard InChI is InChI=1S/C20H16Cl4N6Se/c21-13-1-3-15(17(23)9-13)19(11-29-7-5-25-27-29)31-20(12-30-8-6-26-28-30)16-4-2-14(22)10-18(16)24/h1-10,19-20H,11-12H2. The van der Waals surface area contributed by atoms with Gasteiger partial charge in [-0.1, -0.05) is 0 Å². The minimum atomic E-state index is -0.00710. The van der Waals surface area contributed by atoms with Crippen LogP contribution in [-0.4, -0.2) is 44.9 Å². The van der Waals surface area contributed by atoms with Crippen LogP contribution in [0.15, 0.2) is 61.2 Å². The summed E-state index contributed by atoms with van der Waals surface area (Å²) in [6.07, 6.45) is 7.01. The molecule has 0 aliphatic rings. The van der Waals surface area contributed by atoms with Crippen LogP contribution in [0.4, 0.5) is 0 Å². The van der Waals surface area contributed by atoms with Crippen LogP contribution in [0.2, 0.25) is 20.1 Å². The van der Waals surface area contributed by atoms with E-state index in [0.717, 1.165) is 11.1 Å². The average molecular weight is 561 g/mol. The number of hydrogen-bond acceptors (Lipinski definition) is 4. The number of benzene rings is 2. The summed E-state index contributed by atoms with van der Waals surface area (Å²) in [5.41, 5.74) is 2.02. The molecule has 2 aromatic carbocycles. The van der Waals surface area contributed by atoms with Crippen molar-refractivity contribution in [1.29, 1.82) is 0 Å². The number of nitrogens with zero attached hydrogens (tertiary/aromatic N) is 6. The van der Waals surface area contributed by atoms with Gasteiger partial charge in [-0.15, -0.1) is 0 Å². The summed E-state index contributed by atoms with van der Waals surface area (Å²) in [7, 11) is 0. The summed E-state index contributed by atoms with van der Waals surface area (Å²) in [5, 5.41) is 18.6. The van der Waals surface area contributed by atoms with Crippen molar-refractivity contribution < 1.29 is 0 Å². The third-order valence-electron chi connectivity index (χ3n) is 4.60. The molecule has 0 radical (unpaired) electrons. The third kappa shape index (κ3) is 5.80. The Labute approximate surface area is 205 Å². The van der Waals surface area contributed by atoms with E-state index in [1.54, 1.807) is 24.5 Å². The maximum atomic E-state index is 6.60.